The number of halogens is 1. The zero-order valence-corrected chi connectivity index (χ0v) is 10.7. The lowest BCUT2D eigenvalue weighted by atomic mass is 10.0. The average Bonchev–Trinajstić information content (AvgIpc) is 2.71. The standard InChI is InChI=1S/C13H18ClNO2/c1-13(7-16,8-17)15-12-5-2-9-6-10(14)3-4-11(9)12/h3-4,6,12,15-17H,2,5,7-8H2,1H3. The molecule has 0 radical (unpaired) electrons. The van der Waals surface area contributed by atoms with Crippen LogP contribution < -0.4 is 5.32 Å². The van der Waals surface area contributed by atoms with Gasteiger partial charge in [-0.1, -0.05) is 17.7 Å². The summed E-state index contributed by atoms with van der Waals surface area (Å²) in [6.07, 6.45) is 1.96. The third kappa shape index (κ3) is 2.63. The number of hydrogen-bond donors (Lipinski definition) is 3. The Hall–Kier alpha value is -0.610. The van der Waals surface area contributed by atoms with Crippen LogP contribution in [0.15, 0.2) is 18.2 Å². The van der Waals surface area contributed by atoms with E-state index < -0.39 is 5.54 Å². The van der Waals surface area contributed by atoms with Crippen molar-refractivity contribution >= 4 is 11.6 Å². The highest BCUT2D eigenvalue weighted by Gasteiger charge is 2.30. The first kappa shape index (κ1) is 12.8. The zero-order chi connectivity index (χ0) is 12.5. The summed E-state index contributed by atoms with van der Waals surface area (Å²) < 4.78 is 0. The summed E-state index contributed by atoms with van der Waals surface area (Å²) in [6.45, 7) is 1.66. The third-order valence-electron chi connectivity index (χ3n) is 3.40. The van der Waals surface area contributed by atoms with Crippen LogP contribution in [0.2, 0.25) is 5.02 Å². The summed E-state index contributed by atoms with van der Waals surface area (Å²) >= 11 is 5.96. The van der Waals surface area contributed by atoms with Gasteiger partial charge < -0.3 is 15.5 Å². The fourth-order valence-electron chi connectivity index (χ4n) is 2.30. The van der Waals surface area contributed by atoms with Crippen LogP contribution in [-0.4, -0.2) is 29.0 Å². The molecule has 0 aromatic heterocycles. The summed E-state index contributed by atoms with van der Waals surface area (Å²) in [5, 5.41) is 22.7. The van der Waals surface area contributed by atoms with Crippen LogP contribution in [-0.2, 0) is 6.42 Å². The van der Waals surface area contributed by atoms with E-state index in [1.165, 1.54) is 11.1 Å². The van der Waals surface area contributed by atoms with Crippen LogP contribution in [0.3, 0.4) is 0 Å². The number of fused-ring (bicyclic) bond motifs is 1. The van der Waals surface area contributed by atoms with E-state index in [1.807, 2.05) is 25.1 Å². The van der Waals surface area contributed by atoms with Gasteiger partial charge in [0.2, 0.25) is 0 Å². The van der Waals surface area contributed by atoms with Gasteiger partial charge in [0.25, 0.3) is 0 Å². The molecule has 0 saturated heterocycles. The lowest BCUT2D eigenvalue weighted by Gasteiger charge is -2.30. The van der Waals surface area contributed by atoms with Crippen molar-refractivity contribution in [3.8, 4) is 0 Å². The Labute approximate surface area is 106 Å². The van der Waals surface area contributed by atoms with Crippen molar-refractivity contribution in [2.45, 2.75) is 31.3 Å². The van der Waals surface area contributed by atoms with E-state index in [9.17, 15) is 10.2 Å². The smallest absolute Gasteiger partial charge is 0.0633 e. The second-order valence-electron chi connectivity index (χ2n) is 4.96. The van der Waals surface area contributed by atoms with Gasteiger partial charge in [-0.15, -0.1) is 0 Å². The monoisotopic (exact) mass is 255 g/mol. The molecule has 2 rings (SSSR count). The molecule has 1 unspecified atom stereocenters. The molecule has 1 atom stereocenters. The van der Waals surface area contributed by atoms with Crippen LogP contribution in [0.1, 0.15) is 30.5 Å². The molecule has 94 valence electrons. The zero-order valence-electron chi connectivity index (χ0n) is 9.91. The third-order valence-corrected chi connectivity index (χ3v) is 3.64. The van der Waals surface area contributed by atoms with Gasteiger partial charge in [0.1, 0.15) is 0 Å². The molecular formula is C13H18ClNO2. The molecule has 1 aromatic rings. The van der Waals surface area contributed by atoms with Crippen molar-refractivity contribution in [3.63, 3.8) is 0 Å². The Bertz CT molecular complexity index is 404. The second kappa shape index (κ2) is 4.94. The van der Waals surface area contributed by atoms with Gasteiger partial charge in [0.15, 0.2) is 0 Å². The maximum atomic E-state index is 9.29. The van der Waals surface area contributed by atoms with Gasteiger partial charge in [-0.05, 0) is 43.0 Å². The van der Waals surface area contributed by atoms with Crippen molar-refractivity contribution in [1.82, 2.24) is 5.32 Å². The van der Waals surface area contributed by atoms with E-state index in [4.69, 9.17) is 11.6 Å². The topological polar surface area (TPSA) is 52.5 Å². The van der Waals surface area contributed by atoms with Gasteiger partial charge in [-0.2, -0.15) is 0 Å². The molecule has 17 heavy (non-hydrogen) atoms. The first-order valence-corrected chi connectivity index (χ1v) is 6.23. The number of rotatable bonds is 4. The molecule has 3 N–H and O–H groups in total. The molecule has 1 aromatic carbocycles. The number of aliphatic hydroxyl groups is 2. The Morgan fingerprint density at radius 2 is 2.12 bits per heavy atom. The minimum absolute atomic E-state index is 0.0804. The maximum Gasteiger partial charge on any atom is 0.0633 e. The van der Waals surface area contributed by atoms with E-state index >= 15 is 0 Å². The highest BCUT2D eigenvalue weighted by Crippen LogP contribution is 2.34. The molecule has 0 amide bonds. The summed E-state index contributed by atoms with van der Waals surface area (Å²) in [5.74, 6) is 0. The minimum atomic E-state index is -0.633. The van der Waals surface area contributed by atoms with Gasteiger partial charge in [-0.25, -0.2) is 0 Å². The van der Waals surface area contributed by atoms with Gasteiger partial charge in [0.05, 0.1) is 18.8 Å². The van der Waals surface area contributed by atoms with Crippen molar-refractivity contribution in [3.05, 3.63) is 34.3 Å². The molecule has 0 bridgehead atoms. The van der Waals surface area contributed by atoms with E-state index in [0.29, 0.717) is 0 Å². The summed E-state index contributed by atoms with van der Waals surface area (Å²) in [4.78, 5) is 0. The van der Waals surface area contributed by atoms with Crippen LogP contribution in [0.25, 0.3) is 0 Å². The molecule has 3 nitrogen and oxygen atoms in total. The first-order chi connectivity index (χ1) is 8.08. The number of aryl methyl sites for hydroxylation is 1. The molecule has 4 heteroatoms. The van der Waals surface area contributed by atoms with Gasteiger partial charge in [-0.3, -0.25) is 0 Å². The Balaban J connectivity index is 2.17. The van der Waals surface area contributed by atoms with Crippen LogP contribution >= 0.6 is 11.6 Å². The van der Waals surface area contributed by atoms with E-state index in [2.05, 4.69) is 5.32 Å². The number of aliphatic hydroxyl groups excluding tert-OH is 2. The Kier molecular flexibility index (Phi) is 3.73. The lowest BCUT2D eigenvalue weighted by Crippen LogP contribution is -2.50. The van der Waals surface area contributed by atoms with Gasteiger partial charge in [0, 0.05) is 11.1 Å². The van der Waals surface area contributed by atoms with E-state index in [1.54, 1.807) is 0 Å². The maximum absolute atomic E-state index is 9.29. The van der Waals surface area contributed by atoms with E-state index in [0.717, 1.165) is 17.9 Å². The van der Waals surface area contributed by atoms with Crippen LogP contribution in [0.4, 0.5) is 0 Å². The van der Waals surface area contributed by atoms with E-state index in [-0.39, 0.29) is 19.3 Å². The molecule has 0 saturated carbocycles. The quantitative estimate of drug-likeness (QED) is 0.767. The molecule has 1 aliphatic carbocycles. The first-order valence-electron chi connectivity index (χ1n) is 5.86. The predicted molar refractivity (Wildman–Crippen MR) is 68.2 cm³/mol. The lowest BCUT2D eigenvalue weighted by molar-refractivity contribution is 0.0939. The average molecular weight is 256 g/mol. The number of nitrogens with one attached hydrogen (secondary N) is 1. The van der Waals surface area contributed by atoms with Gasteiger partial charge >= 0.3 is 0 Å². The number of hydrogen-bond acceptors (Lipinski definition) is 3. The summed E-state index contributed by atoms with van der Waals surface area (Å²) in [7, 11) is 0. The van der Waals surface area contributed by atoms with Crippen molar-refractivity contribution in [2.75, 3.05) is 13.2 Å². The number of benzene rings is 1. The highest BCUT2D eigenvalue weighted by atomic mass is 35.5. The normalized spacial score (nSPS) is 19.4. The molecule has 0 spiro atoms. The second-order valence-corrected chi connectivity index (χ2v) is 5.39. The van der Waals surface area contributed by atoms with Crippen molar-refractivity contribution in [2.24, 2.45) is 0 Å². The van der Waals surface area contributed by atoms with Crippen LogP contribution in [0.5, 0.6) is 0 Å². The molecule has 1 aliphatic rings. The van der Waals surface area contributed by atoms with Crippen LogP contribution in [0, 0.1) is 0 Å². The summed E-state index contributed by atoms with van der Waals surface area (Å²) in [6, 6.07) is 6.09. The molecular weight excluding hydrogens is 238 g/mol. The fraction of sp³-hybridized carbons (Fsp3) is 0.538. The highest BCUT2D eigenvalue weighted by molar-refractivity contribution is 6.30. The predicted octanol–water partition coefficient (Wildman–Crippen LogP) is 1.66. The fourth-order valence-corrected chi connectivity index (χ4v) is 2.49. The molecule has 0 fully saturated rings. The SMILES string of the molecule is CC(CO)(CO)NC1CCc2cc(Cl)ccc21. The van der Waals surface area contributed by atoms with Crippen molar-refractivity contribution < 1.29 is 10.2 Å². The Morgan fingerprint density at radius 3 is 2.76 bits per heavy atom. The van der Waals surface area contributed by atoms with Crippen molar-refractivity contribution in [1.29, 1.82) is 0 Å². The molecule has 0 aliphatic heterocycles. The largest absolute Gasteiger partial charge is 0.394 e. The Morgan fingerprint density at radius 1 is 1.41 bits per heavy atom. The summed E-state index contributed by atoms with van der Waals surface area (Å²) in [5.41, 5.74) is 1.85. The molecule has 0 heterocycles. The minimum Gasteiger partial charge on any atom is -0.394 e.